The third kappa shape index (κ3) is 2.83. The average molecular weight is 338 g/mol. The first kappa shape index (κ1) is 13.9. The van der Waals surface area contributed by atoms with Crippen molar-refractivity contribution in [1.29, 1.82) is 0 Å². The van der Waals surface area contributed by atoms with Gasteiger partial charge in [0.25, 0.3) is 5.91 Å². The van der Waals surface area contributed by atoms with E-state index in [1.165, 1.54) is 25.8 Å². The van der Waals surface area contributed by atoms with E-state index in [4.69, 9.17) is 5.73 Å². The lowest BCUT2D eigenvalue weighted by molar-refractivity contribution is 0.0915. The van der Waals surface area contributed by atoms with Crippen LogP contribution in [0.2, 0.25) is 0 Å². The average Bonchev–Trinajstić information content (AvgIpc) is 2.81. The fraction of sp³-hybridized carbons (Fsp3) is 0.533. The zero-order chi connectivity index (χ0) is 14.1. The van der Waals surface area contributed by atoms with Crippen molar-refractivity contribution >= 4 is 27.5 Å². The molecule has 2 saturated heterocycles. The number of halogens is 1. The summed E-state index contributed by atoms with van der Waals surface area (Å²) in [6.45, 7) is 2.29. The number of hydrogen-bond donors (Lipinski definition) is 2. The molecule has 20 heavy (non-hydrogen) atoms. The van der Waals surface area contributed by atoms with Crippen LogP contribution >= 0.6 is 15.9 Å². The van der Waals surface area contributed by atoms with E-state index < -0.39 is 0 Å². The van der Waals surface area contributed by atoms with Gasteiger partial charge in [0.1, 0.15) is 0 Å². The molecule has 2 atom stereocenters. The van der Waals surface area contributed by atoms with Gasteiger partial charge >= 0.3 is 0 Å². The highest BCUT2D eigenvalue weighted by molar-refractivity contribution is 9.10. The van der Waals surface area contributed by atoms with Crippen LogP contribution in [-0.4, -0.2) is 36.0 Å². The quantitative estimate of drug-likeness (QED) is 0.814. The fourth-order valence-electron chi connectivity index (χ4n) is 3.41. The zero-order valence-corrected chi connectivity index (χ0v) is 13.0. The molecule has 0 radical (unpaired) electrons. The molecular weight excluding hydrogens is 318 g/mol. The summed E-state index contributed by atoms with van der Waals surface area (Å²) in [6.07, 6.45) is 4.82. The van der Waals surface area contributed by atoms with E-state index in [0.717, 1.165) is 17.4 Å². The van der Waals surface area contributed by atoms with Crippen LogP contribution in [0.4, 0.5) is 5.69 Å². The number of nitrogens with two attached hydrogens (primary N) is 1. The van der Waals surface area contributed by atoms with Crippen molar-refractivity contribution in [2.45, 2.75) is 37.8 Å². The van der Waals surface area contributed by atoms with Crippen molar-refractivity contribution < 1.29 is 4.79 Å². The number of nitrogen functional groups attached to an aromatic ring is 1. The molecule has 1 amide bonds. The number of amides is 1. The number of benzene rings is 1. The largest absolute Gasteiger partial charge is 0.399 e. The smallest absolute Gasteiger partial charge is 0.251 e. The molecule has 2 aliphatic rings. The normalized spacial score (nSPS) is 26.2. The van der Waals surface area contributed by atoms with Gasteiger partial charge in [0, 0.05) is 34.4 Å². The molecule has 3 N–H and O–H groups in total. The Hall–Kier alpha value is -1.07. The number of nitrogens with zero attached hydrogens (tertiary/aromatic N) is 1. The summed E-state index contributed by atoms with van der Waals surface area (Å²) in [7, 11) is 0. The number of nitrogens with one attached hydrogen (secondary N) is 1. The monoisotopic (exact) mass is 337 g/mol. The van der Waals surface area contributed by atoms with E-state index in [0.29, 0.717) is 17.3 Å². The van der Waals surface area contributed by atoms with Gasteiger partial charge in [0.15, 0.2) is 0 Å². The molecule has 108 valence electrons. The molecule has 2 heterocycles. The summed E-state index contributed by atoms with van der Waals surface area (Å²) < 4.78 is 0.841. The Morgan fingerprint density at radius 1 is 1.25 bits per heavy atom. The van der Waals surface area contributed by atoms with Gasteiger partial charge in [-0.25, -0.2) is 0 Å². The van der Waals surface area contributed by atoms with Crippen molar-refractivity contribution in [1.82, 2.24) is 10.2 Å². The van der Waals surface area contributed by atoms with Gasteiger partial charge in [0.05, 0.1) is 0 Å². The third-order valence-electron chi connectivity index (χ3n) is 4.35. The van der Waals surface area contributed by atoms with Crippen LogP contribution < -0.4 is 11.1 Å². The second kappa shape index (κ2) is 5.74. The second-order valence-electron chi connectivity index (χ2n) is 5.74. The number of carbonyl (C=O) groups excluding carboxylic acids is 1. The van der Waals surface area contributed by atoms with Crippen LogP contribution in [0.15, 0.2) is 22.7 Å². The van der Waals surface area contributed by atoms with E-state index in [9.17, 15) is 4.79 Å². The predicted octanol–water partition coefficient (Wildman–Crippen LogP) is 2.39. The van der Waals surface area contributed by atoms with E-state index in [-0.39, 0.29) is 11.9 Å². The van der Waals surface area contributed by atoms with Crippen molar-refractivity contribution in [3.05, 3.63) is 28.2 Å². The van der Waals surface area contributed by atoms with Crippen LogP contribution in [-0.2, 0) is 0 Å². The summed E-state index contributed by atoms with van der Waals surface area (Å²) in [5.74, 6) is -0.0181. The van der Waals surface area contributed by atoms with Crippen LogP contribution in [0.1, 0.15) is 36.0 Å². The fourth-order valence-corrected chi connectivity index (χ4v) is 3.92. The SMILES string of the molecule is Nc1cc(Br)cc(C(=O)NC2CCN3CCCCC23)c1. The minimum absolute atomic E-state index is 0.0181. The van der Waals surface area contributed by atoms with Crippen molar-refractivity contribution in [2.24, 2.45) is 0 Å². The number of carbonyl (C=O) groups is 1. The number of piperidine rings is 1. The Balaban J connectivity index is 1.69. The Kier molecular flexibility index (Phi) is 3.98. The van der Waals surface area contributed by atoms with Gasteiger partial charge in [-0.15, -0.1) is 0 Å². The van der Waals surface area contributed by atoms with Gasteiger partial charge in [-0.1, -0.05) is 22.4 Å². The first-order valence-corrected chi connectivity index (χ1v) is 8.04. The molecule has 0 aromatic heterocycles. The first-order valence-electron chi connectivity index (χ1n) is 7.24. The van der Waals surface area contributed by atoms with Crippen molar-refractivity contribution in [3.63, 3.8) is 0 Å². The van der Waals surface area contributed by atoms with E-state index in [1.807, 2.05) is 6.07 Å². The molecule has 2 unspecified atom stereocenters. The van der Waals surface area contributed by atoms with Gasteiger partial charge in [-0.2, -0.15) is 0 Å². The molecule has 0 bridgehead atoms. The van der Waals surface area contributed by atoms with Crippen molar-refractivity contribution in [3.8, 4) is 0 Å². The van der Waals surface area contributed by atoms with Gasteiger partial charge in [-0.05, 0) is 44.0 Å². The van der Waals surface area contributed by atoms with E-state index in [1.54, 1.807) is 12.1 Å². The summed E-state index contributed by atoms with van der Waals surface area (Å²) in [4.78, 5) is 14.9. The molecule has 4 nitrogen and oxygen atoms in total. The van der Waals surface area contributed by atoms with E-state index in [2.05, 4.69) is 26.1 Å². The molecule has 0 saturated carbocycles. The lowest BCUT2D eigenvalue weighted by Gasteiger charge is -2.32. The minimum Gasteiger partial charge on any atom is -0.399 e. The Labute approximate surface area is 127 Å². The molecule has 1 aromatic rings. The molecular formula is C15H20BrN3O. The predicted molar refractivity (Wildman–Crippen MR) is 83.6 cm³/mol. The topological polar surface area (TPSA) is 58.4 Å². The maximum Gasteiger partial charge on any atom is 0.251 e. The molecule has 0 aliphatic carbocycles. The molecule has 2 aliphatic heterocycles. The number of hydrogen-bond acceptors (Lipinski definition) is 3. The highest BCUT2D eigenvalue weighted by Crippen LogP contribution is 2.27. The number of anilines is 1. The lowest BCUT2D eigenvalue weighted by atomic mass is 9.99. The summed E-state index contributed by atoms with van der Waals surface area (Å²) in [5.41, 5.74) is 7.03. The lowest BCUT2D eigenvalue weighted by Crippen LogP contribution is -2.46. The zero-order valence-electron chi connectivity index (χ0n) is 11.4. The maximum absolute atomic E-state index is 12.4. The standard InChI is InChI=1S/C15H20BrN3O/c16-11-7-10(8-12(17)9-11)15(20)18-13-4-6-19-5-2-1-3-14(13)19/h7-9,13-14H,1-6,17H2,(H,18,20). The summed E-state index contributed by atoms with van der Waals surface area (Å²) in [6, 6.07) is 6.16. The molecule has 5 heteroatoms. The van der Waals surface area contributed by atoms with Gasteiger partial charge in [-0.3, -0.25) is 9.69 Å². The van der Waals surface area contributed by atoms with Crippen LogP contribution in [0.25, 0.3) is 0 Å². The third-order valence-corrected chi connectivity index (χ3v) is 4.81. The number of fused-ring (bicyclic) bond motifs is 1. The first-order chi connectivity index (χ1) is 9.63. The summed E-state index contributed by atoms with van der Waals surface area (Å²) >= 11 is 3.38. The second-order valence-corrected chi connectivity index (χ2v) is 6.66. The molecule has 3 rings (SSSR count). The molecule has 0 spiro atoms. The van der Waals surface area contributed by atoms with Gasteiger partial charge < -0.3 is 11.1 Å². The Morgan fingerprint density at radius 2 is 2.10 bits per heavy atom. The molecule has 1 aromatic carbocycles. The van der Waals surface area contributed by atoms with E-state index >= 15 is 0 Å². The van der Waals surface area contributed by atoms with Gasteiger partial charge in [0.2, 0.25) is 0 Å². The van der Waals surface area contributed by atoms with Crippen LogP contribution in [0.5, 0.6) is 0 Å². The number of rotatable bonds is 2. The summed E-state index contributed by atoms with van der Waals surface area (Å²) in [5, 5.41) is 3.19. The molecule has 2 fully saturated rings. The minimum atomic E-state index is -0.0181. The van der Waals surface area contributed by atoms with Crippen LogP contribution in [0.3, 0.4) is 0 Å². The maximum atomic E-state index is 12.4. The highest BCUT2D eigenvalue weighted by atomic mass is 79.9. The Bertz CT molecular complexity index is 500. The van der Waals surface area contributed by atoms with Crippen molar-refractivity contribution in [2.75, 3.05) is 18.8 Å². The van der Waals surface area contributed by atoms with Crippen LogP contribution in [0, 0.1) is 0 Å². The Morgan fingerprint density at radius 3 is 2.90 bits per heavy atom. The highest BCUT2D eigenvalue weighted by Gasteiger charge is 2.36.